The van der Waals surface area contributed by atoms with E-state index < -0.39 is 5.97 Å². The normalized spacial score (nSPS) is 25.6. The van der Waals surface area contributed by atoms with E-state index in [-0.39, 0.29) is 6.54 Å². The van der Waals surface area contributed by atoms with Crippen LogP contribution in [0.15, 0.2) is 0 Å². The Morgan fingerprint density at radius 3 is 2.36 bits per heavy atom. The lowest BCUT2D eigenvalue weighted by Crippen LogP contribution is -2.38. The number of rotatable bonds is 3. The summed E-state index contributed by atoms with van der Waals surface area (Å²) in [6, 6.07) is 0.511. The highest BCUT2D eigenvalue weighted by Gasteiger charge is 2.45. The first-order chi connectivity index (χ1) is 6.61. The van der Waals surface area contributed by atoms with Crippen molar-refractivity contribution in [3.05, 3.63) is 0 Å². The quantitative estimate of drug-likeness (QED) is 0.749. The molecule has 2 aliphatic rings. The molecule has 14 heavy (non-hydrogen) atoms. The van der Waals surface area contributed by atoms with E-state index in [1.54, 1.807) is 0 Å². The summed E-state index contributed by atoms with van der Waals surface area (Å²) in [5.41, 5.74) is 0.709. The molecule has 0 amide bonds. The van der Waals surface area contributed by atoms with Gasteiger partial charge in [-0.25, -0.2) is 0 Å². The molecule has 2 fully saturated rings. The standard InChI is InChI=1S/C11H19NO2/c1-12(8-10(13)14)9-2-4-11(5-3-9)6-7-11/h9H,2-8H2,1H3,(H,13,14). The van der Waals surface area contributed by atoms with Gasteiger partial charge < -0.3 is 5.11 Å². The third-order valence-corrected chi connectivity index (χ3v) is 3.98. The number of hydrogen-bond donors (Lipinski definition) is 1. The summed E-state index contributed by atoms with van der Waals surface area (Å²) in [6.45, 7) is 0.192. The molecule has 3 nitrogen and oxygen atoms in total. The smallest absolute Gasteiger partial charge is 0.317 e. The van der Waals surface area contributed by atoms with Gasteiger partial charge in [0, 0.05) is 6.04 Å². The molecule has 0 aromatic heterocycles. The van der Waals surface area contributed by atoms with Crippen LogP contribution in [-0.4, -0.2) is 35.6 Å². The summed E-state index contributed by atoms with van der Waals surface area (Å²) in [4.78, 5) is 12.5. The van der Waals surface area contributed by atoms with Crippen molar-refractivity contribution >= 4 is 5.97 Å². The highest BCUT2D eigenvalue weighted by molar-refractivity contribution is 5.69. The van der Waals surface area contributed by atoms with Crippen LogP contribution in [0.1, 0.15) is 38.5 Å². The van der Waals surface area contributed by atoms with Gasteiger partial charge in [0.2, 0.25) is 0 Å². The van der Waals surface area contributed by atoms with Crippen LogP contribution in [0.5, 0.6) is 0 Å². The van der Waals surface area contributed by atoms with Gasteiger partial charge in [0.05, 0.1) is 6.54 Å². The number of nitrogens with zero attached hydrogens (tertiary/aromatic N) is 1. The Labute approximate surface area is 85.1 Å². The number of carbonyl (C=O) groups is 1. The maximum absolute atomic E-state index is 10.6. The van der Waals surface area contributed by atoms with Gasteiger partial charge in [-0.15, -0.1) is 0 Å². The second kappa shape index (κ2) is 3.54. The first-order valence-corrected chi connectivity index (χ1v) is 5.53. The van der Waals surface area contributed by atoms with E-state index in [9.17, 15) is 4.79 Å². The monoisotopic (exact) mass is 197 g/mol. The molecule has 0 heterocycles. The van der Waals surface area contributed by atoms with Crippen molar-refractivity contribution in [2.45, 2.75) is 44.6 Å². The van der Waals surface area contributed by atoms with Crippen molar-refractivity contribution < 1.29 is 9.90 Å². The molecule has 0 unspecified atom stereocenters. The molecule has 1 spiro atoms. The number of hydrogen-bond acceptors (Lipinski definition) is 2. The number of aliphatic carboxylic acids is 1. The summed E-state index contributed by atoms with van der Waals surface area (Å²) in [5, 5.41) is 8.69. The Morgan fingerprint density at radius 1 is 1.36 bits per heavy atom. The van der Waals surface area contributed by atoms with Crippen LogP contribution in [0, 0.1) is 5.41 Å². The van der Waals surface area contributed by atoms with Gasteiger partial charge in [-0.1, -0.05) is 0 Å². The van der Waals surface area contributed by atoms with Crippen LogP contribution in [0.3, 0.4) is 0 Å². The van der Waals surface area contributed by atoms with Crippen LogP contribution in [0.4, 0.5) is 0 Å². The number of likely N-dealkylation sites (N-methyl/N-ethyl adjacent to an activating group) is 1. The Morgan fingerprint density at radius 2 is 1.93 bits per heavy atom. The van der Waals surface area contributed by atoms with Gasteiger partial charge in [0.25, 0.3) is 0 Å². The average Bonchev–Trinajstić information content (AvgIpc) is 2.85. The Hall–Kier alpha value is -0.570. The van der Waals surface area contributed by atoms with Gasteiger partial charge in [0.1, 0.15) is 0 Å². The van der Waals surface area contributed by atoms with E-state index in [0.717, 1.165) is 0 Å². The van der Waals surface area contributed by atoms with Crippen molar-refractivity contribution in [3.63, 3.8) is 0 Å². The molecule has 1 N–H and O–H groups in total. The zero-order valence-electron chi connectivity index (χ0n) is 8.83. The summed E-state index contributed by atoms with van der Waals surface area (Å²) in [7, 11) is 1.93. The fraction of sp³-hybridized carbons (Fsp3) is 0.909. The molecule has 0 atom stereocenters. The maximum atomic E-state index is 10.6. The topological polar surface area (TPSA) is 40.5 Å². The number of carboxylic acid groups (broad SMARTS) is 1. The van der Waals surface area contributed by atoms with Crippen LogP contribution >= 0.6 is 0 Å². The summed E-state index contributed by atoms with van der Waals surface area (Å²) >= 11 is 0. The molecular formula is C11H19NO2. The molecule has 2 saturated carbocycles. The van der Waals surface area contributed by atoms with Gasteiger partial charge in [-0.3, -0.25) is 9.69 Å². The molecule has 2 aliphatic carbocycles. The fourth-order valence-electron chi connectivity index (χ4n) is 2.67. The fourth-order valence-corrected chi connectivity index (χ4v) is 2.67. The molecular weight excluding hydrogens is 178 g/mol. The summed E-state index contributed by atoms with van der Waals surface area (Å²) in [5.74, 6) is -0.709. The van der Waals surface area contributed by atoms with Crippen LogP contribution in [-0.2, 0) is 4.79 Å². The second-order valence-corrected chi connectivity index (χ2v) is 5.04. The maximum Gasteiger partial charge on any atom is 0.317 e. The molecule has 0 bridgehead atoms. The van der Waals surface area contributed by atoms with Crippen molar-refractivity contribution in [2.75, 3.05) is 13.6 Å². The minimum absolute atomic E-state index is 0.192. The molecule has 0 aromatic carbocycles. The lowest BCUT2D eigenvalue weighted by molar-refractivity contribution is -0.138. The van der Waals surface area contributed by atoms with Crippen LogP contribution in [0.2, 0.25) is 0 Å². The predicted molar refractivity (Wildman–Crippen MR) is 54.2 cm³/mol. The first-order valence-electron chi connectivity index (χ1n) is 5.53. The lowest BCUT2D eigenvalue weighted by atomic mass is 9.83. The van der Waals surface area contributed by atoms with Gasteiger partial charge >= 0.3 is 5.97 Å². The van der Waals surface area contributed by atoms with Crippen molar-refractivity contribution in [1.29, 1.82) is 0 Å². The first kappa shape index (κ1) is 9.97. The van der Waals surface area contributed by atoms with E-state index in [2.05, 4.69) is 0 Å². The predicted octanol–water partition coefficient (Wildman–Crippen LogP) is 1.73. The Kier molecular flexibility index (Phi) is 2.52. The van der Waals surface area contributed by atoms with Gasteiger partial charge in [0.15, 0.2) is 0 Å². The minimum atomic E-state index is -0.709. The largest absolute Gasteiger partial charge is 0.480 e. The van der Waals surface area contributed by atoms with E-state index in [0.29, 0.717) is 11.5 Å². The number of carboxylic acids is 1. The molecule has 2 rings (SSSR count). The molecule has 3 heteroatoms. The van der Waals surface area contributed by atoms with Crippen LogP contribution < -0.4 is 0 Å². The van der Waals surface area contributed by atoms with Crippen LogP contribution in [0.25, 0.3) is 0 Å². The van der Waals surface area contributed by atoms with Gasteiger partial charge in [-0.05, 0) is 51.0 Å². The Bertz CT molecular complexity index is 225. The zero-order chi connectivity index (χ0) is 10.2. The molecule has 0 aromatic rings. The average molecular weight is 197 g/mol. The minimum Gasteiger partial charge on any atom is -0.480 e. The Balaban J connectivity index is 1.79. The van der Waals surface area contributed by atoms with Crippen molar-refractivity contribution in [2.24, 2.45) is 5.41 Å². The van der Waals surface area contributed by atoms with E-state index in [1.807, 2.05) is 11.9 Å². The lowest BCUT2D eigenvalue weighted by Gasteiger charge is -2.34. The van der Waals surface area contributed by atoms with E-state index in [4.69, 9.17) is 5.11 Å². The van der Waals surface area contributed by atoms with Gasteiger partial charge in [-0.2, -0.15) is 0 Å². The van der Waals surface area contributed by atoms with E-state index >= 15 is 0 Å². The third-order valence-electron chi connectivity index (χ3n) is 3.98. The molecule has 0 radical (unpaired) electrons. The second-order valence-electron chi connectivity index (χ2n) is 5.04. The molecule has 0 aliphatic heterocycles. The molecule has 0 saturated heterocycles. The summed E-state index contributed by atoms with van der Waals surface area (Å²) < 4.78 is 0. The van der Waals surface area contributed by atoms with Crippen molar-refractivity contribution in [3.8, 4) is 0 Å². The van der Waals surface area contributed by atoms with Crippen molar-refractivity contribution in [1.82, 2.24) is 4.90 Å². The molecule has 80 valence electrons. The third kappa shape index (κ3) is 2.08. The van der Waals surface area contributed by atoms with E-state index in [1.165, 1.54) is 38.5 Å². The zero-order valence-corrected chi connectivity index (χ0v) is 8.83. The highest BCUT2D eigenvalue weighted by atomic mass is 16.4. The SMILES string of the molecule is CN(CC(=O)O)C1CCC2(CC1)CC2. The summed E-state index contributed by atoms with van der Waals surface area (Å²) in [6.07, 6.45) is 7.88. The highest BCUT2D eigenvalue weighted by Crippen LogP contribution is 2.56.